The fraction of sp³-hybridized carbons (Fsp3) is 0.500. The molecule has 1 heteroatoms. The second kappa shape index (κ2) is 16.3. The van der Waals surface area contributed by atoms with Crippen molar-refractivity contribution in [3.8, 4) is 59.7 Å². The van der Waals surface area contributed by atoms with E-state index in [-0.39, 0.29) is 0 Å². The molecular weight excluding hydrogens is 320 g/mol. The zero-order chi connectivity index (χ0) is 15.6. The number of hydrogen-bond donors (Lipinski definition) is 0. The van der Waals surface area contributed by atoms with Gasteiger partial charge in [-0.25, -0.2) is 0 Å². The minimum Gasteiger partial charge on any atom is -0.106 e. The first kappa shape index (κ1) is 19.3. The maximum absolute atomic E-state index is 4.96. The van der Waals surface area contributed by atoms with Gasteiger partial charge in [0.2, 0.25) is 0 Å². The molecule has 0 aromatic carbocycles. The lowest BCUT2D eigenvalue weighted by Gasteiger charge is -2.05. The summed E-state index contributed by atoms with van der Waals surface area (Å²) in [6.45, 7) is 2.24. The van der Waals surface area contributed by atoms with Gasteiger partial charge in [-0.3, -0.25) is 0 Å². The van der Waals surface area contributed by atoms with E-state index in [1.807, 2.05) is 0 Å². The van der Waals surface area contributed by atoms with Crippen LogP contribution >= 0.6 is 15.9 Å². The van der Waals surface area contributed by atoms with E-state index in [0.717, 1.165) is 11.8 Å². The van der Waals surface area contributed by atoms with Gasteiger partial charge >= 0.3 is 0 Å². The molecule has 0 rings (SSSR count). The van der Waals surface area contributed by atoms with Gasteiger partial charge in [0.25, 0.3) is 0 Å². The van der Waals surface area contributed by atoms with Crippen LogP contribution in [0.4, 0.5) is 0 Å². The summed E-state index contributed by atoms with van der Waals surface area (Å²) < 4.78 is 0. The summed E-state index contributed by atoms with van der Waals surface area (Å²) in [5.74, 6) is 24.0. The van der Waals surface area contributed by atoms with E-state index in [0.29, 0.717) is 5.92 Å². The van der Waals surface area contributed by atoms with Crippen LogP contribution in [0.15, 0.2) is 0 Å². The second-order valence-electron chi connectivity index (χ2n) is 4.57. The maximum Gasteiger partial charge on any atom is 0.0310 e. The van der Waals surface area contributed by atoms with Gasteiger partial charge in [-0.15, -0.1) is 6.42 Å². The number of halogens is 1. The standard InChI is InChI=1S/C20H21Br/c1-3-5-7-9-11-12-14-16-18-20(19-21)17-15-13-10-8-6-4-2/h1,20H,4,6,8,10,13,15,17,19H2,2H3. The Hall–Kier alpha value is -1.72. The molecule has 1 atom stereocenters. The van der Waals surface area contributed by atoms with Crippen molar-refractivity contribution in [3.63, 3.8) is 0 Å². The molecule has 0 aromatic heterocycles. The average Bonchev–Trinajstić information content (AvgIpc) is 2.51. The molecule has 0 heterocycles. The maximum atomic E-state index is 4.96. The van der Waals surface area contributed by atoms with Gasteiger partial charge in [-0.1, -0.05) is 67.3 Å². The van der Waals surface area contributed by atoms with E-state index in [9.17, 15) is 0 Å². The summed E-state index contributed by atoms with van der Waals surface area (Å²) >= 11 is 3.51. The number of terminal acetylenes is 1. The van der Waals surface area contributed by atoms with Crippen LogP contribution in [0.3, 0.4) is 0 Å². The molecule has 0 fully saturated rings. The molecule has 0 amide bonds. The van der Waals surface area contributed by atoms with Crippen molar-refractivity contribution in [1.82, 2.24) is 0 Å². The van der Waals surface area contributed by atoms with Gasteiger partial charge < -0.3 is 0 Å². The summed E-state index contributed by atoms with van der Waals surface area (Å²) in [4.78, 5) is 0. The molecule has 21 heavy (non-hydrogen) atoms. The van der Waals surface area contributed by atoms with Crippen LogP contribution in [0.2, 0.25) is 0 Å². The molecule has 0 saturated heterocycles. The monoisotopic (exact) mass is 340 g/mol. The summed E-state index contributed by atoms with van der Waals surface area (Å²) in [5.41, 5.74) is 0. The third-order valence-electron chi connectivity index (χ3n) is 2.82. The van der Waals surface area contributed by atoms with Crippen LogP contribution in [-0.4, -0.2) is 5.33 Å². The minimum atomic E-state index is 0.375. The van der Waals surface area contributed by atoms with Gasteiger partial charge in [0.05, 0.1) is 0 Å². The number of hydrogen-bond acceptors (Lipinski definition) is 0. The van der Waals surface area contributed by atoms with Crippen molar-refractivity contribution >= 4 is 15.9 Å². The van der Waals surface area contributed by atoms with Crippen molar-refractivity contribution in [1.29, 1.82) is 0 Å². The van der Waals surface area contributed by atoms with Crippen LogP contribution < -0.4 is 0 Å². The molecule has 0 aliphatic carbocycles. The fourth-order valence-electron chi connectivity index (χ4n) is 1.69. The molecule has 0 aliphatic rings. The molecule has 0 bridgehead atoms. The van der Waals surface area contributed by atoms with E-state index < -0.39 is 0 Å². The first-order valence-electron chi connectivity index (χ1n) is 7.37. The van der Waals surface area contributed by atoms with Crippen LogP contribution in [0.25, 0.3) is 0 Å². The van der Waals surface area contributed by atoms with Crippen LogP contribution in [0.1, 0.15) is 51.9 Å². The Balaban J connectivity index is 3.99. The predicted molar refractivity (Wildman–Crippen MR) is 95.2 cm³/mol. The van der Waals surface area contributed by atoms with Crippen LogP contribution in [0.5, 0.6) is 0 Å². The SMILES string of the molecule is C#CC#CC#CC#CC#CC(CBr)CCCCCCCC. The summed E-state index contributed by atoms with van der Waals surface area (Å²) in [6.07, 6.45) is 14.0. The Morgan fingerprint density at radius 2 is 1.38 bits per heavy atom. The number of unbranched alkanes of at least 4 members (excludes halogenated alkanes) is 5. The Morgan fingerprint density at radius 1 is 0.810 bits per heavy atom. The van der Waals surface area contributed by atoms with Crippen molar-refractivity contribution < 1.29 is 0 Å². The molecule has 0 saturated carbocycles. The highest BCUT2D eigenvalue weighted by Crippen LogP contribution is 2.13. The van der Waals surface area contributed by atoms with Gasteiger partial charge in [-0.2, -0.15) is 0 Å². The third kappa shape index (κ3) is 14.5. The fourth-order valence-corrected chi connectivity index (χ4v) is 2.18. The summed E-state index contributed by atoms with van der Waals surface area (Å²) in [5, 5.41) is 0.899. The Bertz CT molecular complexity index is 546. The molecule has 0 nitrogen and oxygen atoms in total. The van der Waals surface area contributed by atoms with Crippen molar-refractivity contribution in [2.45, 2.75) is 51.9 Å². The lowest BCUT2D eigenvalue weighted by Crippen LogP contribution is -1.98. The third-order valence-corrected chi connectivity index (χ3v) is 3.60. The highest BCUT2D eigenvalue weighted by atomic mass is 79.9. The van der Waals surface area contributed by atoms with Crippen molar-refractivity contribution in [2.24, 2.45) is 5.92 Å². The van der Waals surface area contributed by atoms with Gasteiger partial charge in [0, 0.05) is 11.2 Å². The van der Waals surface area contributed by atoms with Crippen LogP contribution in [-0.2, 0) is 0 Å². The Labute approximate surface area is 139 Å². The molecule has 0 spiro atoms. The zero-order valence-corrected chi connectivity index (χ0v) is 14.3. The van der Waals surface area contributed by atoms with E-state index >= 15 is 0 Å². The quantitative estimate of drug-likeness (QED) is 0.349. The Morgan fingerprint density at radius 3 is 2.00 bits per heavy atom. The number of rotatable bonds is 8. The molecule has 1 unspecified atom stereocenters. The number of alkyl halides is 1. The van der Waals surface area contributed by atoms with Crippen molar-refractivity contribution in [3.05, 3.63) is 0 Å². The van der Waals surface area contributed by atoms with Gasteiger partial charge in [0.15, 0.2) is 0 Å². The smallest absolute Gasteiger partial charge is 0.0310 e. The summed E-state index contributed by atoms with van der Waals surface area (Å²) in [7, 11) is 0. The minimum absolute atomic E-state index is 0.375. The molecule has 0 radical (unpaired) electrons. The van der Waals surface area contributed by atoms with E-state index in [4.69, 9.17) is 6.42 Å². The normalized spacial score (nSPS) is 9.19. The predicted octanol–water partition coefficient (Wildman–Crippen LogP) is 4.39. The van der Waals surface area contributed by atoms with E-state index in [1.54, 1.807) is 0 Å². The summed E-state index contributed by atoms with van der Waals surface area (Å²) in [6, 6.07) is 0. The largest absolute Gasteiger partial charge is 0.106 e. The van der Waals surface area contributed by atoms with Crippen molar-refractivity contribution in [2.75, 3.05) is 5.33 Å². The first-order chi connectivity index (χ1) is 10.3. The molecule has 0 aromatic rings. The topological polar surface area (TPSA) is 0 Å². The first-order valence-corrected chi connectivity index (χ1v) is 8.49. The molecule has 0 aliphatic heterocycles. The van der Waals surface area contributed by atoms with E-state index in [1.165, 1.54) is 38.5 Å². The van der Waals surface area contributed by atoms with Gasteiger partial charge in [0.1, 0.15) is 0 Å². The average molecular weight is 341 g/mol. The van der Waals surface area contributed by atoms with E-state index in [2.05, 4.69) is 76.1 Å². The molecule has 108 valence electrons. The Kier molecular flexibility index (Phi) is 15.0. The highest BCUT2D eigenvalue weighted by Gasteiger charge is 2.02. The zero-order valence-electron chi connectivity index (χ0n) is 12.7. The molecular formula is C20H21Br. The lowest BCUT2D eigenvalue weighted by atomic mass is 10.0. The van der Waals surface area contributed by atoms with Crippen LogP contribution in [0, 0.1) is 65.6 Å². The lowest BCUT2D eigenvalue weighted by molar-refractivity contribution is 0.555. The highest BCUT2D eigenvalue weighted by molar-refractivity contribution is 9.09. The second-order valence-corrected chi connectivity index (χ2v) is 5.22. The van der Waals surface area contributed by atoms with Gasteiger partial charge in [-0.05, 0) is 53.8 Å². The molecule has 0 N–H and O–H groups in total.